The SMILES string of the molecule is Cc1ncc(C2=CCN(C(=O)N(C)C)CC2)cc1OC(C)c1c(Cl)ccc(F)c1Cl. The van der Waals surface area contributed by atoms with E-state index in [0.29, 0.717) is 35.1 Å². The molecule has 0 fully saturated rings. The molecule has 2 aromatic rings. The van der Waals surface area contributed by atoms with Gasteiger partial charge in [-0.1, -0.05) is 29.3 Å². The molecule has 3 rings (SSSR count). The van der Waals surface area contributed by atoms with Crippen molar-refractivity contribution < 1.29 is 13.9 Å². The molecule has 160 valence electrons. The fraction of sp³-hybridized carbons (Fsp3) is 0.364. The van der Waals surface area contributed by atoms with Crippen molar-refractivity contribution in [2.24, 2.45) is 0 Å². The predicted molar refractivity (Wildman–Crippen MR) is 118 cm³/mol. The van der Waals surface area contributed by atoms with Gasteiger partial charge in [-0.15, -0.1) is 0 Å². The van der Waals surface area contributed by atoms with Crippen molar-refractivity contribution in [2.75, 3.05) is 27.2 Å². The van der Waals surface area contributed by atoms with E-state index >= 15 is 0 Å². The molecule has 0 saturated carbocycles. The molecule has 1 aromatic carbocycles. The highest BCUT2D eigenvalue weighted by atomic mass is 35.5. The minimum atomic E-state index is -0.565. The molecule has 0 bridgehead atoms. The number of hydrogen-bond donors (Lipinski definition) is 0. The van der Waals surface area contributed by atoms with Gasteiger partial charge in [0.25, 0.3) is 0 Å². The lowest BCUT2D eigenvalue weighted by Crippen LogP contribution is -2.41. The van der Waals surface area contributed by atoms with E-state index in [-0.39, 0.29) is 11.1 Å². The molecular weight excluding hydrogens is 428 g/mol. The van der Waals surface area contributed by atoms with E-state index in [2.05, 4.69) is 4.98 Å². The molecule has 1 unspecified atom stereocenters. The van der Waals surface area contributed by atoms with Crippen LogP contribution in [0.25, 0.3) is 5.57 Å². The maximum absolute atomic E-state index is 13.9. The number of carbonyl (C=O) groups is 1. The lowest BCUT2D eigenvalue weighted by molar-refractivity contribution is 0.176. The molecule has 0 spiro atoms. The van der Waals surface area contributed by atoms with E-state index in [4.69, 9.17) is 27.9 Å². The van der Waals surface area contributed by atoms with Crippen molar-refractivity contribution in [1.82, 2.24) is 14.8 Å². The molecule has 2 heterocycles. The van der Waals surface area contributed by atoms with Crippen LogP contribution in [0.1, 0.15) is 36.3 Å². The van der Waals surface area contributed by atoms with E-state index in [9.17, 15) is 9.18 Å². The third kappa shape index (κ3) is 4.71. The van der Waals surface area contributed by atoms with E-state index in [1.807, 2.05) is 19.1 Å². The molecule has 0 radical (unpaired) electrons. The third-order valence-electron chi connectivity index (χ3n) is 5.06. The molecule has 0 N–H and O–H groups in total. The van der Waals surface area contributed by atoms with Gasteiger partial charge in [0.15, 0.2) is 0 Å². The summed E-state index contributed by atoms with van der Waals surface area (Å²) in [6.07, 6.45) is 3.99. The van der Waals surface area contributed by atoms with Crippen molar-refractivity contribution in [2.45, 2.75) is 26.4 Å². The number of nitrogens with zero attached hydrogens (tertiary/aromatic N) is 3. The van der Waals surface area contributed by atoms with Crippen LogP contribution >= 0.6 is 23.2 Å². The van der Waals surface area contributed by atoms with E-state index in [0.717, 1.165) is 17.6 Å². The zero-order chi connectivity index (χ0) is 22.0. The standard InChI is InChI=1S/C22H24Cl2FN3O2/c1-13-19(30-14(2)20-17(23)5-6-18(25)21(20)24)11-16(12-26-13)15-7-9-28(10-8-15)22(29)27(3)4/h5-7,11-12,14H,8-10H2,1-4H3. The molecular formula is C22H24Cl2FN3O2. The Morgan fingerprint density at radius 3 is 2.70 bits per heavy atom. The number of aromatic nitrogens is 1. The van der Waals surface area contributed by atoms with Crippen LogP contribution in [0.3, 0.4) is 0 Å². The fourth-order valence-electron chi connectivity index (χ4n) is 3.36. The molecule has 1 atom stereocenters. The summed E-state index contributed by atoms with van der Waals surface area (Å²) in [4.78, 5) is 19.9. The van der Waals surface area contributed by atoms with Crippen molar-refractivity contribution in [3.8, 4) is 5.75 Å². The van der Waals surface area contributed by atoms with Crippen LogP contribution in [0.5, 0.6) is 5.75 Å². The van der Waals surface area contributed by atoms with Gasteiger partial charge in [0.1, 0.15) is 17.7 Å². The minimum Gasteiger partial charge on any atom is -0.484 e. The third-order valence-corrected chi connectivity index (χ3v) is 5.78. The summed E-state index contributed by atoms with van der Waals surface area (Å²) in [5.41, 5.74) is 3.13. The number of ether oxygens (including phenoxy) is 1. The Kier molecular flexibility index (Phi) is 6.88. The molecule has 5 nitrogen and oxygen atoms in total. The van der Waals surface area contributed by atoms with Gasteiger partial charge in [-0.2, -0.15) is 0 Å². The van der Waals surface area contributed by atoms with Crippen LogP contribution in [0.2, 0.25) is 10.0 Å². The molecule has 2 amide bonds. The number of amides is 2. The van der Waals surface area contributed by atoms with Gasteiger partial charge in [0, 0.05) is 44.0 Å². The average Bonchev–Trinajstić information content (AvgIpc) is 2.72. The number of benzene rings is 1. The summed E-state index contributed by atoms with van der Waals surface area (Å²) in [5, 5.41) is 0.300. The van der Waals surface area contributed by atoms with Gasteiger partial charge in [-0.05, 0) is 49.6 Å². The van der Waals surface area contributed by atoms with E-state index in [1.165, 1.54) is 12.1 Å². The maximum Gasteiger partial charge on any atom is 0.319 e. The van der Waals surface area contributed by atoms with E-state index in [1.54, 1.807) is 37.0 Å². The fourth-order valence-corrected chi connectivity index (χ4v) is 4.04. The highest BCUT2D eigenvalue weighted by Gasteiger charge is 2.22. The lowest BCUT2D eigenvalue weighted by Gasteiger charge is -2.29. The number of halogens is 3. The highest BCUT2D eigenvalue weighted by Crippen LogP contribution is 2.36. The van der Waals surface area contributed by atoms with Crippen LogP contribution in [0.15, 0.2) is 30.5 Å². The number of urea groups is 1. The number of rotatable bonds is 4. The number of pyridine rings is 1. The molecule has 1 aromatic heterocycles. The quantitative estimate of drug-likeness (QED) is 0.556. The Labute approximate surface area is 186 Å². The summed E-state index contributed by atoms with van der Waals surface area (Å²) in [7, 11) is 3.49. The molecule has 0 aliphatic carbocycles. The minimum absolute atomic E-state index is 0.00553. The first-order valence-corrected chi connectivity index (χ1v) is 10.4. The van der Waals surface area contributed by atoms with Crippen molar-refractivity contribution in [1.29, 1.82) is 0 Å². The van der Waals surface area contributed by atoms with Crippen molar-refractivity contribution in [3.05, 3.63) is 63.2 Å². The van der Waals surface area contributed by atoms with Crippen LogP contribution in [-0.4, -0.2) is 48.0 Å². The second-order valence-corrected chi connectivity index (χ2v) is 8.21. The number of hydrogen-bond acceptors (Lipinski definition) is 3. The van der Waals surface area contributed by atoms with Crippen LogP contribution in [-0.2, 0) is 0 Å². The Balaban J connectivity index is 1.82. The summed E-state index contributed by atoms with van der Waals surface area (Å²) in [5.74, 6) is 0.0309. The predicted octanol–water partition coefficient (Wildman–Crippen LogP) is 5.75. The zero-order valence-corrected chi connectivity index (χ0v) is 18.9. The Hall–Kier alpha value is -2.31. The van der Waals surface area contributed by atoms with Crippen molar-refractivity contribution in [3.63, 3.8) is 0 Å². The van der Waals surface area contributed by atoms with Gasteiger partial charge in [-0.25, -0.2) is 9.18 Å². The van der Waals surface area contributed by atoms with Crippen LogP contribution < -0.4 is 4.74 Å². The molecule has 0 saturated heterocycles. The first-order chi connectivity index (χ1) is 14.2. The first-order valence-electron chi connectivity index (χ1n) is 9.61. The topological polar surface area (TPSA) is 45.7 Å². The second-order valence-electron chi connectivity index (χ2n) is 7.43. The summed E-state index contributed by atoms with van der Waals surface area (Å²) in [6.45, 7) is 4.79. The van der Waals surface area contributed by atoms with Gasteiger partial charge in [-0.3, -0.25) is 4.98 Å². The monoisotopic (exact) mass is 451 g/mol. The summed E-state index contributed by atoms with van der Waals surface area (Å²) < 4.78 is 20.0. The molecule has 8 heteroatoms. The zero-order valence-electron chi connectivity index (χ0n) is 17.4. The number of aryl methyl sites for hydroxylation is 1. The van der Waals surface area contributed by atoms with Gasteiger partial charge in [0.2, 0.25) is 0 Å². The average molecular weight is 452 g/mol. The van der Waals surface area contributed by atoms with Crippen LogP contribution in [0.4, 0.5) is 9.18 Å². The summed E-state index contributed by atoms with van der Waals surface area (Å²) in [6, 6.07) is 4.60. The van der Waals surface area contributed by atoms with Crippen LogP contribution in [0, 0.1) is 12.7 Å². The Morgan fingerprint density at radius 1 is 1.33 bits per heavy atom. The number of carbonyl (C=O) groups excluding carboxylic acids is 1. The highest BCUT2D eigenvalue weighted by molar-refractivity contribution is 6.36. The second kappa shape index (κ2) is 9.23. The van der Waals surface area contributed by atoms with Gasteiger partial charge in [0.05, 0.1) is 10.7 Å². The van der Waals surface area contributed by atoms with Gasteiger partial charge >= 0.3 is 6.03 Å². The lowest BCUT2D eigenvalue weighted by atomic mass is 10.0. The summed E-state index contributed by atoms with van der Waals surface area (Å²) >= 11 is 12.3. The Bertz CT molecular complexity index is 995. The maximum atomic E-state index is 13.9. The normalized spacial score (nSPS) is 14.9. The van der Waals surface area contributed by atoms with E-state index < -0.39 is 11.9 Å². The molecule has 1 aliphatic heterocycles. The Morgan fingerprint density at radius 2 is 2.07 bits per heavy atom. The molecule has 1 aliphatic rings. The van der Waals surface area contributed by atoms with Crippen molar-refractivity contribution >= 4 is 34.8 Å². The first kappa shape index (κ1) is 22.4. The van der Waals surface area contributed by atoms with Gasteiger partial charge < -0.3 is 14.5 Å². The smallest absolute Gasteiger partial charge is 0.319 e. The largest absolute Gasteiger partial charge is 0.484 e. The molecule has 30 heavy (non-hydrogen) atoms.